The van der Waals surface area contributed by atoms with Gasteiger partial charge in [-0.2, -0.15) is 0 Å². The number of hydrogen-bond acceptors (Lipinski definition) is 3. The van der Waals surface area contributed by atoms with E-state index in [0.717, 1.165) is 25.9 Å². The van der Waals surface area contributed by atoms with E-state index < -0.39 is 11.9 Å². The van der Waals surface area contributed by atoms with Crippen molar-refractivity contribution in [1.29, 1.82) is 0 Å². The quantitative estimate of drug-likeness (QED) is 0.669. The van der Waals surface area contributed by atoms with Gasteiger partial charge in [0.05, 0.1) is 5.92 Å². The second-order valence-electron chi connectivity index (χ2n) is 5.03. The summed E-state index contributed by atoms with van der Waals surface area (Å²) in [5.74, 6) is -1.25. The van der Waals surface area contributed by atoms with Crippen molar-refractivity contribution < 1.29 is 14.7 Å². The third-order valence-corrected chi connectivity index (χ3v) is 3.24. The molecule has 0 aromatic carbocycles. The second kappa shape index (κ2) is 7.20. The number of hydrogen-bond donors (Lipinski definition) is 3. The second-order valence-corrected chi connectivity index (χ2v) is 5.03. The van der Waals surface area contributed by atoms with E-state index in [1.807, 2.05) is 7.05 Å². The summed E-state index contributed by atoms with van der Waals surface area (Å²) in [4.78, 5) is 24.4. The van der Waals surface area contributed by atoms with Gasteiger partial charge in [0.2, 0.25) is 0 Å². The Balaban J connectivity index is 2.15. The van der Waals surface area contributed by atoms with Gasteiger partial charge in [-0.25, -0.2) is 4.79 Å². The first kappa shape index (κ1) is 14.8. The van der Waals surface area contributed by atoms with E-state index in [0.29, 0.717) is 13.0 Å². The average molecular weight is 257 g/mol. The minimum absolute atomic E-state index is 0.195. The number of likely N-dealkylation sites (N-methyl/N-ethyl adjacent to an activating group) is 1. The van der Waals surface area contributed by atoms with Crippen LogP contribution in [0.5, 0.6) is 0 Å². The van der Waals surface area contributed by atoms with Gasteiger partial charge < -0.3 is 20.6 Å². The highest BCUT2D eigenvalue weighted by Crippen LogP contribution is 2.07. The van der Waals surface area contributed by atoms with E-state index in [1.165, 1.54) is 0 Å². The highest BCUT2D eigenvalue weighted by Gasteiger charge is 2.18. The van der Waals surface area contributed by atoms with E-state index in [-0.39, 0.29) is 12.1 Å². The summed E-state index contributed by atoms with van der Waals surface area (Å²) in [5, 5.41) is 14.3. The maximum atomic E-state index is 11.6. The Kier molecular flexibility index (Phi) is 5.91. The van der Waals surface area contributed by atoms with Crippen LogP contribution in [-0.4, -0.2) is 54.7 Å². The smallest absolute Gasteiger partial charge is 0.315 e. The van der Waals surface area contributed by atoms with Crippen LogP contribution in [0.2, 0.25) is 0 Å². The summed E-state index contributed by atoms with van der Waals surface area (Å²) in [6.45, 7) is 3.98. The highest BCUT2D eigenvalue weighted by atomic mass is 16.4. The van der Waals surface area contributed by atoms with Crippen LogP contribution in [0.15, 0.2) is 0 Å². The fraction of sp³-hybridized carbons (Fsp3) is 0.833. The van der Waals surface area contributed by atoms with Crippen molar-refractivity contribution in [3.05, 3.63) is 0 Å². The molecule has 1 heterocycles. The zero-order valence-electron chi connectivity index (χ0n) is 11.1. The molecule has 0 aliphatic carbocycles. The molecule has 6 nitrogen and oxygen atoms in total. The first-order chi connectivity index (χ1) is 8.49. The molecule has 1 aliphatic rings. The average Bonchev–Trinajstić information content (AvgIpc) is 2.28. The Hall–Kier alpha value is -1.30. The number of piperidine rings is 1. The molecule has 0 aromatic rings. The molecular weight excluding hydrogens is 234 g/mol. The summed E-state index contributed by atoms with van der Waals surface area (Å²) < 4.78 is 0. The summed E-state index contributed by atoms with van der Waals surface area (Å²) in [6.07, 6.45) is 2.55. The van der Waals surface area contributed by atoms with Crippen molar-refractivity contribution in [1.82, 2.24) is 15.5 Å². The van der Waals surface area contributed by atoms with Gasteiger partial charge in [0.25, 0.3) is 0 Å². The predicted molar refractivity (Wildman–Crippen MR) is 68.5 cm³/mol. The Morgan fingerprint density at radius 3 is 2.83 bits per heavy atom. The van der Waals surface area contributed by atoms with Crippen molar-refractivity contribution in [2.24, 2.45) is 5.92 Å². The standard InChI is InChI=1S/C12H23N3O3/c1-9(11(16)17)5-6-13-12(18)14-10-4-3-7-15(2)8-10/h9-10H,3-8H2,1-2H3,(H,16,17)(H2,13,14,18). The van der Waals surface area contributed by atoms with E-state index in [4.69, 9.17) is 5.11 Å². The van der Waals surface area contributed by atoms with Crippen molar-refractivity contribution in [3.63, 3.8) is 0 Å². The lowest BCUT2D eigenvalue weighted by Gasteiger charge is -2.30. The van der Waals surface area contributed by atoms with Crippen LogP contribution in [-0.2, 0) is 4.79 Å². The van der Waals surface area contributed by atoms with E-state index in [1.54, 1.807) is 6.92 Å². The third-order valence-electron chi connectivity index (χ3n) is 3.24. The topological polar surface area (TPSA) is 81.7 Å². The molecule has 1 fully saturated rings. The molecule has 0 bridgehead atoms. The SMILES string of the molecule is CC(CCNC(=O)NC1CCCN(C)C1)C(=O)O. The number of aliphatic carboxylic acids is 1. The fourth-order valence-corrected chi connectivity index (χ4v) is 2.05. The van der Waals surface area contributed by atoms with Crippen LogP contribution in [0.4, 0.5) is 4.79 Å². The minimum atomic E-state index is -0.828. The number of carboxylic acids is 1. The molecule has 2 unspecified atom stereocenters. The lowest BCUT2D eigenvalue weighted by molar-refractivity contribution is -0.141. The molecule has 1 rings (SSSR count). The minimum Gasteiger partial charge on any atom is -0.481 e. The van der Waals surface area contributed by atoms with Gasteiger partial charge in [0.15, 0.2) is 0 Å². The Morgan fingerprint density at radius 2 is 2.22 bits per heavy atom. The molecule has 1 aliphatic heterocycles. The monoisotopic (exact) mass is 257 g/mol. The first-order valence-electron chi connectivity index (χ1n) is 6.44. The lowest BCUT2D eigenvalue weighted by atomic mass is 10.1. The largest absolute Gasteiger partial charge is 0.481 e. The van der Waals surface area contributed by atoms with Gasteiger partial charge >= 0.3 is 12.0 Å². The Bertz CT molecular complexity index is 296. The number of nitrogens with zero attached hydrogens (tertiary/aromatic N) is 1. The van der Waals surface area contributed by atoms with Crippen LogP contribution in [0.3, 0.4) is 0 Å². The summed E-state index contributed by atoms with van der Waals surface area (Å²) >= 11 is 0. The molecule has 0 radical (unpaired) electrons. The maximum Gasteiger partial charge on any atom is 0.315 e. The van der Waals surface area contributed by atoms with Gasteiger partial charge in [0, 0.05) is 19.1 Å². The Labute approximate surface area is 108 Å². The molecular formula is C12H23N3O3. The number of carbonyl (C=O) groups is 2. The van der Waals surface area contributed by atoms with E-state index >= 15 is 0 Å². The summed E-state index contributed by atoms with van der Waals surface area (Å²) in [7, 11) is 2.04. The number of likely N-dealkylation sites (tertiary alicyclic amines) is 1. The number of carboxylic acid groups (broad SMARTS) is 1. The predicted octanol–water partition coefficient (Wildman–Crippen LogP) is 0.491. The molecule has 6 heteroatoms. The van der Waals surface area contributed by atoms with Gasteiger partial charge in [-0.05, 0) is 32.9 Å². The molecule has 0 aromatic heterocycles. The maximum absolute atomic E-state index is 11.6. The number of amides is 2. The zero-order chi connectivity index (χ0) is 13.5. The molecule has 0 spiro atoms. The molecule has 0 saturated carbocycles. The summed E-state index contributed by atoms with van der Waals surface area (Å²) in [6, 6.07) is -0.00599. The number of carbonyl (C=O) groups excluding carboxylic acids is 1. The molecule has 2 atom stereocenters. The number of rotatable bonds is 5. The molecule has 1 saturated heterocycles. The van der Waals surface area contributed by atoms with Crippen molar-refractivity contribution in [2.75, 3.05) is 26.7 Å². The van der Waals surface area contributed by atoms with Crippen molar-refractivity contribution in [2.45, 2.75) is 32.2 Å². The van der Waals surface area contributed by atoms with E-state index in [2.05, 4.69) is 15.5 Å². The van der Waals surface area contributed by atoms with Crippen molar-refractivity contribution in [3.8, 4) is 0 Å². The van der Waals surface area contributed by atoms with Gasteiger partial charge in [0.1, 0.15) is 0 Å². The zero-order valence-corrected chi connectivity index (χ0v) is 11.1. The van der Waals surface area contributed by atoms with Crippen LogP contribution in [0, 0.1) is 5.92 Å². The fourth-order valence-electron chi connectivity index (χ4n) is 2.05. The first-order valence-corrected chi connectivity index (χ1v) is 6.44. The molecule has 2 amide bonds. The highest BCUT2D eigenvalue weighted by molar-refractivity contribution is 5.74. The van der Waals surface area contributed by atoms with Gasteiger partial charge in [-0.3, -0.25) is 4.79 Å². The third kappa shape index (κ3) is 5.35. The van der Waals surface area contributed by atoms with Crippen LogP contribution in [0.1, 0.15) is 26.2 Å². The Morgan fingerprint density at radius 1 is 1.50 bits per heavy atom. The molecule has 18 heavy (non-hydrogen) atoms. The summed E-state index contributed by atoms with van der Waals surface area (Å²) in [5.41, 5.74) is 0. The van der Waals surface area contributed by atoms with Gasteiger partial charge in [-0.15, -0.1) is 0 Å². The normalized spacial score (nSPS) is 22.2. The lowest BCUT2D eigenvalue weighted by Crippen LogP contribution is -2.49. The molecule has 104 valence electrons. The van der Waals surface area contributed by atoms with Crippen molar-refractivity contribution >= 4 is 12.0 Å². The van der Waals surface area contributed by atoms with Crippen LogP contribution >= 0.6 is 0 Å². The van der Waals surface area contributed by atoms with E-state index in [9.17, 15) is 9.59 Å². The van der Waals surface area contributed by atoms with Crippen LogP contribution in [0.25, 0.3) is 0 Å². The van der Waals surface area contributed by atoms with Gasteiger partial charge in [-0.1, -0.05) is 6.92 Å². The number of nitrogens with one attached hydrogen (secondary N) is 2. The number of urea groups is 1. The molecule has 3 N–H and O–H groups in total. The van der Waals surface area contributed by atoms with Crippen LogP contribution < -0.4 is 10.6 Å².